The first kappa shape index (κ1) is 14.3. The number of hydrogen-bond acceptors (Lipinski definition) is 3. The second-order valence-corrected chi connectivity index (χ2v) is 2.98. The molecule has 0 aromatic carbocycles. The fraction of sp³-hybridized carbons (Fsp3) is 0.600. The van der Waals surface area contributed by atoms with Gasteiger partial charge < -0.3 is 20.8 Å². The Morgan fingerprint density at radius 2 is 2.12 bits per heavy atom. The van der Waals surface area contributed by atoms with Crippen molar-refractivity contribution in [1.82, 2.24) is 10.6 Å². The molecule has 1 unspecified atom stereocenters. The highest BCUT2D eigenvalue weighted by atomic mass is 16.4. The van der Waals surface area contributed by atoms with Crippen LogP contribution in [0.4, 0.5) is 4.79 Å². The maximum Gasteiger partial charge on any atom is 0.326 e. The van der Waals surface area contributed by atoms with E-state index >= 15 is 0 Å². The van der Waals surface area contributed by atoms with Gasteiger partial charge in [0.15, 0.2) is 0 Å². The Balaban J connectivity index is 3.89. The summed E-state index contributed by atoms with van der Waals surface area (Å²) < 4.78 is 0. The highest BCUT2D eigenvalue weighted by molar-refractivity contribution is 5.82. The van der Waals surface area contributed by atoms with Crippen LogP contribution in [-0.4, -0.2) is 41.4 Å². The van der Waals surface area contributed by atoms with Gasteiger partial charge in [-0.2, -0.15) is 0 Å². The van der Waals surface area contributed by atoms with Gasteiger partial charge in [-0.1, -0.05) is 0 Å². The van der Waals surface area contributed by atoms with Crippen molar-refractivity contribution in [2.24, 2.45) is 0 Å². The molecule has 6 nitrogen and oxygen atoms in total. The average Bonchev–Trinajstić information content (AvgIpc) is 2.23. The van der Waals surface area contributed by atoms with Crippen LogP contribution in [0, 0.1) is 11.8 Å². The van der Waals surface area contributed by atoms with Gasteiger partial charge in [0, 0.05) is 26.0 Å². The van der Waals surface area contributed by atoms with Crippen molar-refractivity contribution in [1.29, 1.82) is 0 Å². The molecule has 0 aliphatic carbocycles. The number of aliphatic hydroxyl groups excluding tert-OH is 1. The number of aliphatic carboxylic acids is 1. The van der Waals surface area contributed by atoms with Crippen molar-refractivity contribution >= 4 is 12.0 Å². The second-order valence-electron chi connectivity index (χ2n) is 2.98. The fourth-order valence-corrected chi connectivity index (χ4v) is 0.959. The van der Waals surface area contributed by atoms with Gasteiger partial charge in [-0.25, -0.2) is 9.59 Å². The lowest BCUT2D eigenvalue weighted by molar-refractivity contribution is -0.139. The smallest absolute Gasteiger partial charge is 0.326 e. The Morgan fingerprint density at radius 3 is 2.62 bits per heavy atom. The van der Waals surface area contributed by atoms with E-state index in [0.717, 1.165) is 0 Å². The van der Waals surface area contributed by atoms with Crippen molar-refractivity contribution < 1.29 is 19.8 Å². The van der Waals surface area contributed by atoms with E-state index in [-0.39, 0.29) is 13.0 Å². The molecule has 0 heterocycles. The van der Waals surface area contributed by atoms with E-state index in [4.69, 9.17) is 10.2 Å². The van der Waals surface area contributed by atoms with E-state index in [1.807, 2.05) is 0 Å². The van der Waals surface area contributed by atoms with Gasteiger partial charge in [-0.15, -0.1) is 11.8 Å². The van der Waals surface area contributed by atoms with Crippen LogP contribution < -0.4 is 10.6 Å². The largest absolute Gasteiger partial charge is 0.480 e. The minimum absolute atomic E-state index is 0.0164. The molecule has 90 valence electrons. The second kappa shape index (κ2) is 8.56. The average molecular weight is 228 g/mol. The molecule has 0 saturated carbocycles. The summed E-state index contributed by atoms with van der Waals surface area (Å²) in [4.78, 5) is 21.8. The molecule has 2 amide bonds. The van der Waals surface area contributed by atoms with Crippen LogP contribution in [0.2, 0.25) is 0 Å². The topological polar surface area (TPSA) is 98.7 Å². The summed E-state index contributed by atoms with van der Waals surface area (Å²) in [6.45, 7) is 1.76. The number of hydrogen-bond donors (Lipinski definition) is 4. The third kappa shape index (κ3) is 6.68. The van der Waals surface area contributed by atoms with Crippen LogP contribution in [0.15, 0.2) is 0 Å². The standard InChI is InChI=1S/C10H16N2O4/c1-2-3-4-6-11-10(16)12-8(5-7-13)9(14)15/h8,13H,4-7H2,1H3,(H,14,15)(H2,11,12,16). The van der Waals surface area contributed by atoms with Crippen LogP contribution in [0.25, 0.3) is 0 Å². The summed E-state index contributed by atoms with van der Waals surface area (Å²) in [6, 6.07) is -1.64. The van der Waals surface area contributed by atoms with E-state index < -0.39 is 18.0 Å². The number of carboxylic acids is 1. The van der Waals surface area contributed by atoms with Crippen molar-refractivity contribution in [3.8, 4) is 11.8 Å². The van der Waals surface area contributed by atoms with Gasteiger partial charge in [0.05, 0.1) is 0 Å². The third-order valence-corrected chi connectivity index (χ3v) is 1.73. The number of carbonyl (C=O) groups excluding carboxylic acids is 1. The van der Waals surface area contributed by atoms with Crippen LogP contribution >= 0.6 is 0 Å². The molecule has 0 aromatic heterocycles. The van der Waals surface area contributed by atoms with Crippen molar-refractivity contribution in [3.05, 3.63) is 0 Å². The van der Waals surface area contributed by atoms with E-state index in [2.05, 4.69) is 22.5 Å². The first-order valence-electron chi connectivity index (χ1n) is 4.89. The summed E-state index contributed by atoms with van der Waals surface area (Å²) in [6.07, 6.45) is 0.499. The molecule has 0 spiro atoms. The minimum atomic E-state index is -1.17. The molecule has 0 aliphatic heterocycles. The van der Waals surface area contributed by atoms with Crippen LogP contribution in [0.5, 0.6) is 0 Å². The molecule has 0 rings (SSSR count). The van der Waals surface area contributed by atoms with Crippen molar-refractivity contribution in [3.63, 3.8) is 0 Å². The zero-order chi connectivity index (χ0) is 12.4. The number of urea groups is 1. The third-order valence-electron chi connectivity index (χ3n) is 1.73. The first-order chi connectivity index (χ1) is 7.61. The number of nitrogens with one attached hydrogen (secondary N) is 2. The number of amides is 2. The summed E-state index contributed by atoms with van der Waals surface area (Å²) in [7, 11) is 0. The molecule has 6 heteroatoms. The molecule has 16 heavy (non-hydrogen) atoms. The number of rotatable bonds is 6. The molecule has 0 aliphatic rings. The Kier molecular flexibility index (Phi) is 7.63. The predicted octanol–water partition coefficient (Wildman–Crippen LogP) is -0.465. The number of aliphatic hydroxyl groups is 1. The Morgan fingerprint density at radius 1 is 1.44 bits per heavy atom. The molecule has 0 aromatic rings. The lowest BCUT2D eigenvalue weighted by Gasteiger charge is -2.13. The SMILES string of the molecule is CC#CCCNC(=O)NC(CCO)C(=O)O. The molecule has 0 radical (unpaired) electrons. The summed E-state index contributed by atoms with van der Waals surface area (Å²) >= 11 is 0. The number of carbonyl (C=O) groups is 2. The number of carboxylic acid groups (broad SMARTS) is 1. The minimum Gasteiger partial charge on any atom is -0.480 e. The van der Waals surface area contributed by atoms with E-state index in [1.165, 1.54) is 0 Å². The van der Waals surface area contributed by atoms with Gasteiger partial charge in [0.2, 0.25) is 0 Å². The fourth-order valence-electron chi connectivity index (χ4n) is 0.959. The van der Waals surface area contributed by atoms with Gasteiger partial charge in [0.1, 0.15) is 6.04 Å². The summed E-state index contributed by atoms with van der Waals surface area (Å²) in [5.41, 5.74) is 0. The van der Waals surface area contributed by atoms with Crippen molar-refractivity contribution in [2.45, 2.75) is 25.8 Å². The van der Waals surface area contributed by atoms with Gasteiger partial charge >= 0.3 is 12.0 Å². The molecule has 0 fully saturated rings. The zero-order valence-electron chi connectivity index (χ0n) is 9.12. The van der Waals surface area contributed by atoms with E-state index in [9.17, 15) is 9.59 Å². The predicted molar refractivity (Wildman–Crippen MR) is 57.7 cm³/mol. The van der Waals surface area contributed by atoms with Gasteiger partial charge in [-0.05, 0) is 6.92 Å². The highest BCUT2D eigenvalue weighted by Crippen LogP contribution is 1.90. The molecular formula is C10H16N2O4. The van der Waals surface area contributed by atoms with Crippen LogP contribution in [-0.2, 0) is 4.79 Å². The Bertz CT molecular complexity index is 293. The van der Waals surface area contributed by atoms with E-state index in [0.29, 0.717) is 13.0 Å². The zero-order valence-corrected chi connectivity index (χ0v) is 9.12. The normalized spacial score (nSPS) is 10.9. The first-order valence-corrected chi connectivity index (χ1v) is 4.89. The maximum absolute atomic E-state index is 11.2. The maximum atomic E-state index is 11.2. The summed E-state index contributed by atoms with van der Waals surface area (Å²) in [5, 5.41) is 22.0. The summed E-state index contributed by atoms with van der Waals surface area (Å²) in [5.74, 6) is 4.26. The van der Waals surface area contributed by atoms with E-state index in [1.54, 1.807) is 6.92 Å². The molecular weight excluding hydrogens is 212 g/mol. The molecule has 0 bridgehead atoms. The van der Waals surface area contributed by atoms with Crippen molar-refractivity contribution in [2.75, 3.05) is 13.2 Å². The van der Waals surface area contributed by atoms with Gasteiger partial charge in [0.25, 0.3) is 0 Å². The lowest BCUT2D eigenvalue weighted by atomic mass is 10.2. The monoisotopic (exact) mass is 228 g/mol. The highest BCUT2D eigenvalue weighted by Gasteiger charge is 2.18. The lowest BCUT2D eigenvalue weighted by Crippen LogP contribution is -2.46. The Labute approximate surface area is 94.0 Å². The molecule has 4 N–H and O–H groups in total. The quantitative estimate of drug-likeness (QED) is 0.365. The van der Waals surface area contributed by atoms with Gasteiger partial charge in [-0.3, -0.25) is 0 Å². The molecule has 0 saturated heterocycles. The van der Waals surface area contributed by atoms with Crippen LogP contribution in [0.3, 0.4) is 0 Å². The Hall–Kier alpha value is -1.74. The van der Waals surface area contributed by atoms with Crippen LogP contribution in [0.1, 0.15) is 19.8 Å². The molecule has 1 atom stereocenters.